The normalized spacial score (nSPS) is 18.5. The minimum atomic E-state index is -1.01. The molecule has 110 valence electrons. The number of rotatable bonds is 6. The number of nitriles is 2. The summed E-state index contributed by atoms with van der Waals surface area (Å²) in [7, 11) is 0. The number of nitrogens with zero attached hydrogens (tertiary/aromatic N) is 2. The Balaban J connectivity index is 2.73. The van der Waals surface area contributed by atoms with Crippen molar-refractivity contribution < 1.29 is 19.4 Å². The van der Waals surface area contributed by atoms with E-state index in [0.29, 0.717) is 12.0 Å². The summed E-state index contributed by atoms with van der Waals surface area (Å²) < 4.78 is 4.86. The Morgan fingerprint density at radius 1 is 1.52 bits per heavy atom. The molecule has 21 heavy (non-hydrogen) atoms. The van der Waals surface area contributed by atoms with Crippen molar-refractivity contribution in [3.63, 3.8) is 0 Å². The van der Waals surface area contributed by atoms with E-state index in [1.54, 1.807) is 6.08 Å². The first-order valence-electron chi connectivity index (χ1n) is 6.53. The smallest absolute Gasteiger partial charge is 0.316 e. The van der Waals surface area contributed by atoms with E-state index in [1.807, 2.05) is 12.1 Å². The topological polar surface area (TPSA) is 111 Å². The number of aliphatic hydroxyl groups is 1. The van der Waals surface area contributed by atoms with Gasteiger partial charge in [0.2, 0.25) is 0 Å². The van der Waals surface area contributed by atoms with Gasteiger partial charge in [-0.1, -0.05) is 6.08 Å². The molecule has 0 aromatic heterocycles. The Morgan fingerprint density at radius 3 is 2.76 bits per heavy atom. The maximum atomic E-state index is 11.8. The van der Waals surface area contributed by atoms with Gasteiger partial charge in [0.1, 0.15) is 24.1 Å². The third-order valence-corrected chi connectivity index (χ3v) is 3.13. The van der Waals surface area contributed by atoms with Gasteiger partial charge in [0.15, 0.2) is 0 Å². The summed E-state index contributed by atoms with van der Waals surface area (Å²) in [5.74, 6) is -2.55. The number of hydrogen-bond acceptors (Lipinski definition) is 6. The molecule has 1 aliphatic rings. The average Bonchev–Trinajstić information content (AvgIpc) is 2.45. The molecule has 1 aliphatic carbocycles. The largest absolute Gasteiger partial charge is 0.508 e. The highest BCUT2D eigenvalue weighted by Crippen LogP contribution is 2.27. The molecule has 0 aromatic carbocycles. The molecule has 0 radical (unpaired) electrons. The molecular formula is C15H16N2O4. The van der Waals surface area contributed by atoms with Gasteiger partial charge in [-0.25, -0.2) is 0 Å². The summed E-state index contributed by atoms with van der Waals surface area (Å²) >= 11 is 0. The predicted molar refractivity (Wildman–Crippen MR) is 72.5 cm³/mol. The highest BCUT2D eigenvalue weighted by atomic mass is 16.5. The van der Waals surface area contributed by atoms with E-state index in [9.17, 15) is 14.7 Å². The number of carbonyl (C=O) groups is 2. The Morgan fingerprint density at radius 2 is 2.24 bits per heavy atom. The summed E-state index contributed by atoms with van der Waals surface area (Å²) in [6.45, 7) is 1.22. The van der Waals surface area contributed by atoms with Crippen LogP contribution in [0.1, 0.15) is 26.2 Å². The SMILES string of the molecule is CC(=O)C(CC1=CCC(C#N)C=C1O)C(=O)OCCC#N. The molecule has 0 bridgehead atoms. The van der Waals surface area contributed by atoms with Crippen molar-refractivity contribution in [3.05, 3.63) is 23.5 Å². The van der Waals surface area contributed by atoms with E-state index in [0.717, 1.165) is 0 Å². The van der Waals surface area contributed by atoms with Crippen molar-refractivity contribution in [2.24, 2.45) is 11.8 Å². The summed E-state index contributed by atoms with van der Waals surface area (Å²) in [5.41, 5.74) is 0.457. The van der Waals surface area contributed by atoms with E-state index in [-0.39, 0.29) is 31.0 Å². The molecule has 2 unspecified atom stereocenters. The third kappa shape index (κ3) is 4.77. The minimum Gasteiger partial charge on any atom is -0.508 e. The van der Waals surface area contributed by atoms with Crippen LogP contribution in [0.15, 0.2) is 23.5 Å². The first-order valence-corrected chi connectivity index (χ1v) is 6.53. The van der Waals surface area contributed by atoms with Crippen LogP contribution in [0.4, 0.5) is 0 Å². The number of hydrogen-bond donors (Lipinski definition) is 1. The molecule has 6 heteroatoms. The molecule has 1 rings (SSSR count). The number of esters is 1. The number of ketones is 1. The Kier molecular flexibility index (Phi) is 6.16. The third-order valence-electron chi connectivity index (χ3n) is 3.13. The van der Waals surface area contributed by atoms with Crippen LogP contribution >= 0.6 is 0 Å². The van der Waals surface area contributed by atoms with Crippen LogP contribution in [-0.2, 0) is 14.3 Å². The first kappa shape index (κ1) is 16.5. The van der Waals surface area contributed by atoms with Gasteiger partial charge in [-0.15, -0.1) is 0 Å². The lowest BCUT2D eigenvalue weighted by Gasteiger charge is -2.18. The fraction of sp³-hybridized carbons (Fsp3) is 0.467. The highest BCUT2D eigenvalue weighted by molar-refractivity contribution is 5.98. The van der Waals surface area contributed by atoms with Crippen molar-refractivity contribution in [3.8, 4) is 12.1 Å². The lowest BCUT2D eigenvalue weighted by atomic mass is 9.89. The number of Topliss-reactive ketones (excluding diaryl/α,β-unsaturated/α-hetero) is 1. The average molecular weight is 288 g/mol. The van der Waals surface area contributed by atoms with Crippen molar-refractivity contribution in [2.45, 2.75) is 26.2 Å². The Labute approximate surface area is 122 Å². The summed E-state index contributed by atoms with van der Waals surface area (Å²) in [6.07, 6.45) is 3.59. The van der Waals surface area contributed by atoms with Crippen molar-refractivity contribution in [1.82, 2.24) is 0 Å². The van der Waals surface area contributed by atoms with Crippen LogP contribution in [0.3, 0.4) is 0 Å². The molecule has 2 atom stereocenters. The van der Waals surface area contributed by atoms with Crippen LogP contribution in [-0.4, -0.2) is 23.5 Å². The molecule has 0 saturated heterocycles. The lowest BCUT2D eigenvalue weighted by Crippen LogP contribution is -2.26. The van der Waals surface area contributed by atoms with Gasteiger partial charge in [-0.2, -0.15) is 10.5 Å². The van der Waals surface area contributed by atoms with Gasteiger partial charge in [-0.3, -0.25) is 9.59 Å². The van der Waals surface area contributed by atoms with Crippen molar-refractivity contribution in [1.29, 1.82) is 10.5 Å². The van der Waals surface area contributed by atoms with Gasteiger partial charge < -0.3 is 9.84 Å². The standard InChI is InChI=1S/C15H16N2O4/c1-10(18)13(15(20)21-6-2-5-16)8-12-4-3-11(9-17)7-14(12)19/h4,7,11,13,19H,2-3,6,8H2,1H3. The Hall–Kier alpha value is -2.60. The van der Waals surface area contributed by atoms with Gasteiger partial charge in [0, 0.05) is 0 Å². The fourth-order valence-electron chi connectivity index (χ4n) is 1.93. The van der Waals surface area contributed by atoms with E-state index < -0.39 is 17.8 Å². The maximum Gasteiger partial charge on any atom is 0.316 e. The second-order valence-electron chi connectivity index (χ2n) is 4.70. The zero-order chi connectivity index (χ0) is 15.8. The number of carbonyl (C=O) groups excluding carboxylic acids is 2. The second kappa shape index (κ2) is 7.86. The van der Waals surface area contributed by atoms with E-state index >= 15 is 0 Å². The first-order chi connectivity index (χ1) is 9.99. The predicted octanol–water partition coefficient (Wildman–Crippen LogP) is 1.95. The molecule has 0 spiro atoms. The monoisotopic (exact) mass is 288 g/mol. The van der Waals surface area contributed by atoms with Crippen LogP contribution in [0.5, 0.6) is 0 Å². The lowest BCUT2D eigenvalue weighted by molar-refractivity contribution is -0.151. The summed E-state index contributed by atoms with van der Waals surface area (Å²) in [5, 5.41) is 27.0. The molecule has 0 heterocycles. The molecule has 1 N–H and O–H groups in total. The van der Waals surface area contributed by atoms with Crippen LogP contribution in [0.25, 0.3) is 0 Å². The fourth-order valence-corrected chi connectivity index (χ4v) is 1.93. The molecular weight excluding hydrogens is 272 g/mol. The molecule has 0 saturated carbocycles. The van der Waals surface area contributed by atoms with E-state index in [4.69, 9.17) is 15.3 Å². The van der Waals surface area contributed by atoms with Crippen LogP contribution in [0.2, 0.25) is 0 Å². The number of ether oxygens (including phenoxy) is 1. The highest BCUT2D eigenvalue weighted by Gasteiger charge is 2.28. The van der Waals surface area contributed by atoms with Gasteiger partial charge >= 0.3 is 5.97 Å². The van der Waals surface area contributed by atoms with Gasteiger partial charge in [0.25, 0.3) is 0 Å². The molecule has 0 amide bonds. The molecule has 0 aliphatic heterocycles. The summed E-state index contributed by atoms with van der Waals surface area (Å²) in [6, 6.07) is 3.86. The number of allylic oxidation sites excluding steroid dienone is 3. The summed E-state index contributed by atoms with van der Waals surface area (Å²) in [4.78, 5) is 23.4. The maximum absolute atomic E-state index is 11.8. The quantitative estimate of drug-likeness (QED) is 0.454. The van der Waals surface area contributed by atoms with Gasteiger partial charge in [0.05, 0.1) is 24.5 Å². The minimum absolute atomic E-state index is 0.0290. The zero-order valence-electron chi connectivity index (χ0n) is 11.7. The van der Waals surface area contributed by atoms with Crippen LogP contribution in [0, 0.1) is 34.5 Å². The molecule has 6 nitrogen and oxygen atoms in total. The van der Waals surface area contributed by atoms with Crippen molar-refractivity contribution in [2.75, 3.05) is 6.61 Å². The van der Waals surface area contributed by atoms with E-state index in [1.165, 1.54) is 13.0 Å². The molecule has 0 aromatic rings. The zero-order valence-corrected chi connectivity index (χ0v) is 11.7. The molecule has 0 fully saturated rings. The second-order valence-corrected chi connectivity index (χ2v) is 4.70. The number of aliphatic hydroxyl groups excluding tert-OH is 1. The van der Waals surface area contributed by atoms with Crippen molar-refractivity contribution >= 4 is 11.8 Å². The Bertz CT molecular complexity index is 563. The van der Waals surface area contributed by atoms with Gasteiger partial charge in [-0.05, 0) is 31.4 Å². The van der Waals surface area contributed by atoms with E-state index in [2.05, 4.69) is 0 Å². The van der Waals surface area contributed by atoms with Crippen LogP contribution < -0.4 is 0 Å².